The maximum Gasteiger partial charge on any atom is 0.261 e. The van der Waals surface area contributed by atoms with Crippen LogP contribution in [0.25, 0.3) is 33.8 Å². The van der Waals surface area contributed by atoms with Crippen molar-refractivity contribution in [2.75, 3.05) is 5.32 Å². The van der Waals surface area contributed by atoms with Crippen LogP contribution in [0.3, 0.4) is 0 Å². The Morgan fingerprint density at radius 2 is 1.88 bits per heavy atom. The number of nitrogens with one attached hydrogen (secondary N) is 2. The largest absolute Gasteiger partial charge is 0.377 e. The van der Waals surface area contributed by atoms with E-state index in [-0.39, 0.29) is 11.6 Å². The first-order valence-corrected chi connectivity index (χ1v) is 11.2. The lowest BCUT2D eigenvalue weighted by Crippen LogP contribution is -2.21. The van der Waals surface area contributed by atoms with Crippen molar-refractivity contribution < 1.29 is 0 Å². The summed E-state index contributed by atoms with van der Waals surface area (Å²) >= 11 is 6.15. The molecular formula is C25H22ClN7O. The summed E-state index contributed by atoms with van der Waals surface area (Å²) < 4.78 is 1.60. The van der Waals surface area contributed by atoms with Crippen molar-refractivity contribution in [1.29, 1.82) is 0 Å². The Balaban J connectivity index is 1.65. The number of hydrogen-bond donors (Lipinski definition) is 2. The highest BCUT2D eigenvalue weighted by Gasteiger charge is 2.19. The van der Waals surface area contributed by atoms with Crippen LogP contribution in [0.2, 0.25) is 5.15 Å². The minimum Gasteiger partial charge on any atom is -0.377 e. The number of rotatable bonds is 5. The van der Waals surface area contributed by atoms with Gasteiger partial charge in [0.15, 0.2) is 5.82 Å². The van der Waals surface area contributed by atoms with Crippen molar-refractivity contribution in [3.63, 3.8) is 0 Å². The number of aryl methyl sites for hydroxylation is 1. The van der Waals surface area contributed by atoms with E-state index in [4.69, 9.17) is 16.6 Å². The number of benzene rings is 2. The van der Waals surface area contributed by atoms with Crippen LogP contribution in [0.5, 0.6) is 0 Å². The van der Waals surface area contributed by atoms with Gasteiger partial charge in [-0.05, 0) is 37.6 Å². The monoisotopic (exact) mass is 471 g/mol. The fraction of sp³-hybridized carbons (Fsp3) is 0.160. The van der Waals surface area contributed by atoms with Crippen LogP contribution in [0.15, 0.2) is 65.7 Å². The molecule has 0 bridgehead atoms. The van der Waals surface area contributed by atoms with Crippen LogP contribution in [0, 0.1) is 6.92 Å². The molecule has 0 saturated heterocycles. The second-order valence-corrected chi connectivity index (χ2v) is 8.54. The number of anilines is 1. The molecule has 5 rings (SSSR count). The number of halogens is 1. The maximum absolute atomic E-state index is 13.3. The van der Waals surface area contributed by atoms with Gasteiger partial charge in [-0.2, -0.15) is 0 Å². The van der Waals surface area contributed by atoms with Gasteiger partial charge >= 0.3 is 0 Å². The van der Waals surface area contributed by atoms with Crippen LogP contribution < -0.4 is 10.9 Å². The number of pyridine rings is 1. The predicted octanol–water partition coefficient (Wildman–Crippen LogP) is 4.92. The molecule has 2 N–H and O–H groups in total. The van der Waals surface area contributed by atoms with Gasteiger partial charge in [0.1, 0.15) is 23.0 Å². The molecule has 34 heavy (non-hydrogen) atoms. The summed E-state index contributed by atoms with van der Waals surface area (Å²) in [6.45, 7) is 4.00. The van der Waals surface area contributed by atoms with Gasteiger partial charge in [-0.25, -0.2) is 9.97 Å². The molecule has 0 amide bonds. The van der Waals surface area contributed by atoms with E-state index in [1.54, 1.807) is 17.7 Å². The van der Waals surface area contributed by atoms with Gasteiger partial charge in [-0.3, -0.25) is 9.36 Å². The second-order valence-electron chi connectivity index (χ2n) is 8.15. The molecule has 0 aliphatic carbocycles. The summed E-state index contributed by atoms with van der Waals surface area (Å²) in [6, 6.07) is 17.0. The van der Waals surface area contributed by atoms with Crippen LogP contribution in [-0.2, 0) is 7.05 Å². The van der Waals surface area contributed by atoms with Gasteiger partial charge in [0.05, 0.1) is 22.6 Å². The first-order valence-electron chi connectivity index (χ1n) is 10.8. The summed E-state index contributed by atoms with van der Waals surface area (Å²) in [5.74, 6) is 1.12. The lowest BCUT2D eigenvalue weighted by atomic mass is 10.0. The van der Waals surface area contributed by atoms with Gasteiger partial charge in [0.25, 0.3) is 5.56 Å². The minimum atomic E-state index is -0.199. The SMILES string of the molecule is Cc1cc([C@@H](C)Nc2ccc(Cl)nc2-c2nnc[nH]2)c2nc(-c3ccccc3)n(C)c(=O)c2c1. The molecule has 3 aromatic heterocycles. The number of aromatic nitrogens is 6. The van der Waals surface area contributed by atoms with E-state index >= 15 is 0 Å². The molecule has 3 heterocycles. The molecule has 0 aliphatic heterocycles. The van der Waals surface area contributed by atoms with E-state index in [1.165, 1.54) is 6.33 Å². The molecular weight excluding hydrogens is 450 g/mol. The quantitative estimate of drug-likeness (QED) is 0.353. The molecule has 8 nitrogen and oxygen atoms in total. The lowest BCUT2D eigenvalue weighted by Gasteiger charge is -2.20. The highest BCUT2D eigenvalue weighted by Crippen LogP contribution is 2.31. The van der Waals surface area contributed by atoms with Crippen molar-refractivity contribution in [2.24, 2.45) is 7.05 Å². The smallest absolute Gasteiger partial charge is 0.261 e. The Morgan fingerprint density at radius 1 is 1.09 bits per heavy atom. The Hall–Kier alpha value is -4.04. The molecule has 0 spiro atoms. The molecule has 5 aromatic rings. The highest BCUT2D eigenvalue weighted by molar-refractivity contribution is 6.29. The van der Waals surface area contributed by atoms with E-state index < -0.39 is 0 Å². The molecule has 1 atom stereocenters. The van der Waals surface area contributed by atoms with Gasteiger partial charge in [-0.15, -0.1) is 10.2 Å². The first-order chi connectivity index (χ1) is 16.4. The third-order valence-electron chi connectivity index (χ3n) is 5.73. The average Bonchev–Trinajstić information content (AvgIpc) is 3.38. The third-order valence-corrected chi connectivity index (χ3v) is 5.94. The summed E-state index contributed by atoms with van der Waals surface area (Å²) in [5, 5.41) is 12.4. The molecule has 170 valence electrons. The minimum absolute atomic E-state index is 0.0866. The first kappa shape index (κ1) is 21.8. The van der Waals surface area contributed by atoms with Crippen LogP contribution in [0.4, 0.5) is 5.69 Å². The number of fused-ring (bicyclic) bond motifs is 1. The lowest BCUT2D eigenvalue weighted by molar-refractivity contribution is 0.845. The molecule has 0 unspecified atom stereocenters. The zero-order valence-corrected chi connectivity index (χ0v) is 19.6. The van der Waals surface area contributed by atoms with Crippen LogP contribution in [-0.4, -0.2) is 29.7 Å². The summed E-state index contributed by atoms with van der Waals surface area (Å²) in [7, 11) is 1.75. The topological polar surface area (TPSA) is 101 Å². The van der Waals surface area contributed by atoms with Crippen molar-refractivity contribution >= 4 is 28.2 Å². The molecule has 0 saturated carbocycles. The molecule has 9 heteroatoms. The molecule has 0 radical (unpaired) electrons. The van der Waals surface area contributed by atoms with E-state index in [2.05, 4.69) is 31.5 Å². The van der Waals surface area contributed by atoms with E-state index in [9.17, 15) is 4.79 Å². The second kappa shape index (κ2) is 8.72. The normalized spacial score (nSPS) is 12.1. The fourth-order valence-corrected chi connectivity index (χ4v) is 4.24. The van der Waals surface area contributed by atoms with Crippen LogP contribution in [0.1, 0.15) is 24.1 Å². The van der Waals surface area contributed by atoms with Gasteiger partial charge in [0, 0.05) is 18.2 Å². The van der Waals surface area contributed by atoms with E-state index in [1.807, 2.05) is 56.3 Å². The van der Waals surface area contributed by atoms with E-state index in [0.29, 0.717) is 33.4 Å². The Kier molecular flexibility index (Phi) is 5.59. The van der Waals surface area contributed by atoms with Crippen molar-refractivity contribution in [1.82, 2.24) is 29.7 Å². The van der Waals surface area contributed by atoms with Crippen molar-refractivity contribution in [3.8, 4) is 22.9 Å². The van der Waals surface area contributed by atoms with Crippen LogP contribution >= 0.6 is 11.6 Å². The maximum atomic E-state index is 13.3. The average molecular weight is 472 g/mol. The predicted molar refractivity (Wildman–Crippen MR) is 134 cm³/mol. The summed E-state index contributed by atoms with van der Waals surface area (Å²) in [5.41, 5.74) is 4.63. The summed E-state index contributed by atoms with van der Waals surface area (Å²) in [6.07, 6.45) is 1.49. The highest BCUT2D eigenvalue weighted by atomic mass is 35.5. The molecule has 2 aromatic carbocycles. The number of aromatic amines is 1. The van der Waals surface area contributed by atoms with Gasteiger partial charge < -0.3 is 10.3 Å². The number of H-pyrrole nitrogens is 1. The Labute approximate surface area is 200 Å². The molecule has 0 fully saturated rings. The number of nitrogens with zero attached hydrogens (tertiary/aromatic N) is 5. The standard InChI is InChI=1S/C25H22ClN7O/c1-14-11-17(15(2)29-19-9-10-20(26)30-22(19)23-27-13-28-32-23)21-18(12-14)25(34)33(3)24(31-21)16-7-5-4-6-8-16/h4-13,15,29H,1-3H3,(H,27,28,32)/t15-/m1/s1. The fourth-order valence-electron chi connectivity index (χ4n) is 4.09. The summed E-state index contributed by atoms with van der Waals surface area (Å²) in [4.78, 5) is 25.7. The zero-order valence-electron chi connectivity index (χ0n) is 18.9. The Bertz CT molecular complexity index is 1550. The van der Waals surface area contributed by atoms with E-state index in [0.717, 1.165) is 22.4 Å². The number of hydrogen-bond acceptors (Lipinski definition) is 6. The third kappa shape index (κ3) is 3.92. The van der Waals surface area contributed by atoms with Crippen molar-refractivity contribution in [3.05, 3.63) is 87.6 Å². The van der Waals surface area contributed by atoms with Gasteiger partial charge in [-0.1, -0.05) is 48.0 Å². The Morgan fingerprint density at radius 3 is 2.62 bits per heavy atom. The van der Waals surface area contributed by atoms with Gasteiger partial charge in [0.2, 0.25) is 0 Å². The van der Waals surface area contributed by atoms with Crippen molar-refractivity contribution in [2.45, 2.75) is 19.9 Å². The molecule has 0 aliphatic rings. The zero-order chi connectivity index (χ0) is 23.8.